The minimum atomic E-state index is -0.777. The summed E-state index contributed by atoms with van der Waals surface area (Å²) in [4.78, 5) is 45.7. The maximum Gasteiger partial charge on any atom is 0.338 e. The van der Waals surface area contributed by atoms with Crippen molar-refractivity contribution >= 4 is 29.2 Å². The summed E-state index contributed by atoms with van der Waals surface area (Å²) in [5, 5.41) is 13.4. The number of benzene rings is 2. The van der Waals surface area contributed by atoms with Crippen molar-refractivity contribution in [1.82, 2.24) is 0 Å². The molecule has 0 saturated carbocycles. The molecule has 0 bridgehead atoms. The number of hydrogen-bond donors (Lipinski definition) is 1. The van der Waals surface area contributed by atoms with Crippen molar-refractivity contribution in [2.75, 3.05) is 19.0 Å². The molecule has 0 heterocycles. The van der Waals surface area contributed by atoms with Crippen LogP contribution in [0.4, 0.5) is 11.4 Å². The molecule has 0 spiro atoms. The second kappa shape index (κ2) is 8.56. The van der Waals surface area contributed by atoms with Crippen LogP contribution in [0.25, 0.3) is 0 Å². The van der Waals surface area contributed by atoms with E-state index in [1.165, 1.54) is 43.5 Å². The molecular formula is C18H16N2O7. The molecule has 1 N–H and O–H groups in total. The van der Waals surface area contributed by atoms with Crippen molar-refractivity contribution in [3.8, 4) is 0 Å². The van der Waals surface area contributed by atoms with E-state index in [9.17, 15) is 24.5 Å². The average Bonchev–Trinajstić information content (AvgIpc) is 2.67. The molecular weight excluding hydrogens is 356 g/mol. The Morgan fingerprint density at radius 3 is 2.19 bits per heavy atom. The van der Waals surface area contributed by atoms with Crippen LogP contribution >= 0.6 is 0 Å². The Hall–Kier alpha value is -3.75. The van der Waals surface area contributed by atoms with Gasteiger partial charge in [0.2, 0.25) is 0 Å². The van der Waals surface area contributed by atoms with Crippen LogP contribution in [0.15, 0.2) is 42.5 Å². The second-order valence-corrected chi connectivity index (χ2v) is 5.42. The van der Waals surface area contributed by atoms with Crippen LogP contribution in [0.5, 0.6) is 0 Å². The summed E-state index contributed by atoms with van der Waals surface area (Å²) >= 11 is 0. The number of amides is 1. The summed E-state index contributed by atoms with van der Waals surface area (Å²) in [6.07, 6.45) is 0. The summed E-state index contributed by atoms with van der Waals surface area (Å²) in [5.41, 5.74) is 0.692. The Morgan fingerprint density at radius 1 is 1.04 bits per heavy atom. The number of hydrogen-bond acceptors (Lipinski definition) is 7. The molecule has 9 nitrogen and oxygen atoms in total. The first-order chi connectivity index (χ1) is 12.8. The Labute approximate surface area is 154 Å². The summed E-state index contributed by atoms with van der Waals surface area (Å²) in [5.74, 6) is -2.04. The number of methoxy groups -OCH3 is 1. The Bertz CT molecular complexity index is 891. The van der Waals surface area contributed by atoms with Gasteiger partial charge >= 0.3 is 11.9 Å². The van der Waals surface area contributed by atoms with E-state index >= 15 is 0 Å². The minimum absolute atomic E-state index is 0.0472. The number of nitrogens with one attached hydrogen (secondary N) is 1. The molecule has 140 valence electrons. The van der Waals surface area contributed by atoms with E-state index in [1.54, 1.807) is 13.0 Å². The molecule has 27 heavy (non-hydrogen) atoms. The fourth-order valence-corrected chi connectivity index (χ4v) is 2.22. The van der Waals surface area contributed by atoms with E-state index in [2.05, 4.69) is 10.1 Å². The predicted octanol–water partition coefficient (Wildman–Crippen LogP) is 2.49. The van der Waals surface area contributed by atoms with Gasteiger partial charge in [0.1, 0.15) is 5.69 Å². The summed E-state index contributed by atoms with van der Waals surface area (Å²) in [7, 11) is 1.24. The first kappa shape index (κ1) is 19.6. The highest BCUT2D eigenvalue weighted by atomic mass is 16.6. The monoisotopic (exact) mass is 372 g/mol. The SMILES string of the molecule is COC(=O)c1ccc(C(=O)OCC(=O)Nc2c(C)cccc2[N+](=O)[O-])cc1. The highest BCUT2D eigenvalue weighted by Crippen LogP contribution is 2.27. The highest BCUT2D eigenvalue weighted by molar-refractivity contribution is 5.98. The molecule has 0 aliphatic heterocycles. The lowest BCUT2D eigenvalue weighted by Gasteiger charge is -2.09. The lowest BCUT2D eigenvalue weighted by Crippen LogP contribution is -2.22. The van der Waals surface area contributed by atoms with Crippen LogP contribution < -0.4 is 5.32 Å². The lowest BCUT2D eigenvalue weighted by atomic mass is 10.1. The molecule has 2 aromatic rings. The molecule has 2 rings (SSSR count). The topological polar surface area (TPSA) is 125 Å². The molecule has 0 atom stereocenters. The number of nitro groups is 1. The maximum atomic E-state index is 12.0. The van der Waals surface area contributed by atoms with Crippen LogP contribution in [-0.4, -0.2) is 36.5 Å². The van der Waals surface area contributed by atoms with Crippen molar-refractivity contribution in [1.29, 1.82) is 0 Å². The Balaban J connectivity index is 1.99. The van der Waals surface area contributed by atoms with Gasteiger partial charge in [-0.2, -0.15) is 0 Å². The summed E-state index contributed by atoms with van der Waals surface area (Å²) in [6, 6.07) is 9.87. The number of rotatable bonds is 6. The van der Waals surface area contributed by atoms with Crippen LogP contribution in [0.1, 0.15) is 26.3 Å². The average molecular weight is 372 g/mol. The van der Waals surface area contributed by atoms with Crippen molar-refractivity contribution in [3.05, 3.63) is 69.3 Å². The normalized spacial score (nSPS) is 10.0. The van der Waals surface area contributed by atoms with E-state index in [4.69, 9.17) is 4.74 Å². The first-order valence-corrected chi connectivity index (χ1v) is 7.73. The molecule has 1 amide bonds. The number of esters is 2. The zero-order valence-corrected chi connectivity index (χ0v) is 14.6. The molecule has 0 unspecified atom stereocenters. The molecule has 2 aromatic carbocycles. The van der Waals surface area contributed by atoms with Gasteiger partial charge in [-0.05, 0) is 36.8 Å². The molecule has 9 heteroatoms. The fourth-order valence-electron chi connectivity index (χ4n) is 2.22. The van der Waals surface area contributed by atoms with Crippen molar-refractivity contribution in [3.63, 3.8) is 0 Å². The number of ether oxygens (including phenoxy) is 2. The van der Waals surface area contributed by atoms with Crippen molar-refractivity contribution < 1.29 is 28.8 Å². The molecule has 0 saturated heterocycles. The lowest BCUT2D eigenvalue weighted by molar-refractivity contribution is -0.384. The van der Waals surface area contributed by atoms with Gasteiger partial charge in [0.15, 0.2) is 6.61 Å². The number of aryl methyl sites for hydroxylation is 1. The smallest absolute Gasteiger partial charge is 0.338 e. The zero-order valence-electron chi connectivity index (χ0n) is 14.6. The van der Waals surface area contributed by atoms with Crippen LogP contribution in [0.2, 0.25) is 0 Å². The summed E-state index contributed by atoms with van der Waals surface area (Å²) in [6.45, 7) is 0.987. The van der Waals surface area contributed by atoms with Gasteiger partial charge in [0, 0.05) is 6.07 Å². The number of carbonyl (C=O) groups excluding carboxylic acids is 3. The number of anilines is 1. The number of nitrogens with zero attached hydrogens (tertiary/aromatic N) is 1. The zero-order chi connectivity index (χ0) is 20.0. The molecule has 0 aliphatic carbocycles. The first-order valence-electron chi connectivity index (χ1n) is 7.73. The molecule has 0 aliphatic rings. The Kier molecular flexibility index (Phi) is 6.21. The third-order valence-corrected chi connectivity index (χ3v) is 3.59. The number of nitro benzene ring substituents is 1. The third-order valence-electron chi connectivity index (χ3n) is 3.59. The standard InChI is InChI=1S/C18H16N2O7/c1-11-4-3-5-14(20(24)25)16(11)19-15(21)10-27-18(23)13-8-6-12(7-9-13)17(22)26-2/h3-9H,10H2,1-2H3,(H,19,21). The largest absolute Gasteiger partial charge is 0.465 e. The van der Waals surface area contributed by atoms with Gasteiger partial charge in [-0.3, -0.25) is 14.9 Å². The molecule has 0 fully saturated rings. The molecule has 0 aromatic heterocycles. The van der Waals surface area contributed by atoms with E-state index < -0.39 is 29.4 Å². The molecule has 0 radical (unpaired) electrons. The maximum absolute atomic E-state index is 12.0. The number of carbonyl (C=O) groups is 3. The summed E-state index contributed by atoms with van der Waals surface area (Å²) < 4.78 is 9.44. The highest BCUT2D eigenvalue weighted by Gasteiger charge is 2.19. The minimum Gasteiger partial charge on any atom is -0.465 e. The van der Waals surface area contributed by atoms with Gasteiger partial charge in [0.05, 0.1) is 23.2 Å². The van der Waals surface area contributed by atoms with Gasteiger partial charge in [-0.25, -0.2) is 9.59 Å². The van der Waals surface area contributed by atoms with Crippen LogP contribution in [0.3, 0.4) is 0 Å². The Morgan fingerprint density at radius 2 is 1.63 bits per heavy atom. The van der Waals surface area contributed by atoms with Gasteiger partial charge < -0.3 is 14.8 Å². The predicted molar refractivity (Wildman–Crippen MR) is 94.5 cm³/mol. The third kappa shape index (κ3) is 4.88. The second-order valence-electron chi connectivity index (χ2n) is 5.42. The van der Waals surface area contributed by atoms with Crippen LogP contribution in [-0.2, 0) is 14.3 Å². The van der Waals surface area contributed by atoms with Gasteiger partial charge in [-0.15, -0.1) is 0 Å². The number of para-hydroxylation sites is 1. The van der Waals surface area contributed by atoms with E-state index in [0.717, 1.165) is 0 Å². The van der Waals surface area contributed by atoms with Crippen molar-refractivity contribution in [2.45, 2.75) is 6.92 Å². The van der Waals surface area contributed by atoms with Crippen LogP contribution in [0, 0.1) is 17.0 Å². The van der Waals surface area contributed by atoms with E-state index in [0.29, 0.717) is 5.56 Å². The van der Waals surface area contributed by atoms with Gasteiger partial charge in [0.25, 0.3) is 11.6 Å². The fraction of sp³-hybridized carbons (Fsp3) is 0.167. The van der Waals surface area contributed by atoms with Crippen molar-refractivity contribution in [2.24, 2.45) is 0 Å². The van der Waals surface area contributed by atoms with E-state index in [1.807, 2.05) is 0 Å². The quantitative estimate of drug-likeness (QED) is 0.469. The van der Waals surface area contributed by atoms with Gasteiger partial charge in [-0.1, -0.05) is 12.1 Å². The van der Waals surface area contributed by atoms with E-state index in [-0.39, 0.29) is 22.5 Å².